The lowest BCUT2D eigenvalue weighted by molar-refractivity contribution is 0.474. The maximum absolute atomic E-state index is 4.53. The van der Waals surface area contributed by atoms with Crippen molar-refractivity contribution in [3.63, 3.8) is 0 Å². The zero-order chi connectivity index (χ0) is 18.0. The van der Waals surface area contributed by atoms with Gasteiger partial charge in [0.05, 0.1) is 0 Å². The number of hydrogen-bond acceptors (Lipinski definition) is 4. The number of fused-ring (bicyclic) bond motifs is 1. The van der Waals surface area contributed by atoms with E-state index in [9.17, 15) is 0 Å². The Morgan fingerprint density at radius 1 is 1.00 bits per heavy atom. The summed E-state index contributed by atoms with van der Waals surface area (Å²) in [6.07, 6.45) is 1.65. The van der Waals surface area contributed by atoms with Gasteiger partial charge in [0.2, 0.25) is 0 Å². The van der Waals surface area contributed by atoms with Gasteiger partial charge >= 0.3 is 0 Å². The molecule has 0 amide bonds. The van der Waals surface area contributed by atoms with Crippen LogP contribution >= 0.6 is 0 Å². The lowest BCUT2D eigenvalue weighted by Crippen LogP contribution is -2.42. The van der Waals surface area contributed by atoms with Crippen LogP contribution in [0.15, 0.2) is 67.0 Å². The Labute approximate surface area is 154 Å². The standard InChI is InChI=1S/C22H24N4/c1-22(2)15-26(14-18-10-6-7-11-19(18)22)21-12-20(24-16-25-21)23-13-17-8-4-3-5-9-17/h3-12,16H,13-15H2,1-2H3,(H,23,24,25). The fourth-order valence-electron chi connectivity index (χ4n) is 3.71. The third-order valence-electron chi connectivity index (χ3n) is 4.99. The van der Waals surface area contributed by atoms with E-state index in [4.69, 9.17) is 0 Å². The Morgan fingerprint density at radius 2 is 1.77 bits per heavy atom. The van der Waals surface area contributed by atoms with E-state index in [0.29, 0.717) is 0 Å². The Kier molecular flexibility index (Phi) is 4.33. The van der Waals surface area contributed by atoms with E-state index < -0.39 is 0 Å². The minimum atomic E-state index is 0.0947. The average molecular weight is 344 g/mol. The molecule has 0 bridgehead atoms. The zero-order valence-electron chi connectivity index (χ0n) is 15.3. The predicted octanol–water partition coefficient (Wildman–Crippen LogP) is 4.39. The highest BCUT2D eigenvalue weighted by atomic mass is 15.2. The van der Waals surface area contributed by atoms with Crippen molar-refractivity contribution in [3.05, 3.63) is 83.7 Å². The normalized spacial score (nSPS) is 15.4. The summed E-state index contributed by atoms with van der Waals surface area (Å²) in [6.45, 7) is 7.18. The predicted molar refractivity (Wildman–Crippen MR) is 106 cm³/mol. The molecule has 0 atom stereocenters. The SMILES string of the molecule is CC1(C)CN(c2cc(NCc3ccccc3)ncn2)Cc2ccccc21. The van der Waals surface area contributed by atoms with Crippen LogP contribution in [0.2, 0.25) is 0 Å². The first-order valence-corrected chi connectivity index (χ1v) is 9.05. The van der Waals surface area contributed by atoms with Gasteiger partial charge < -0.3 is 10.2 Å². The second-order valence-corrected chi connectivity index (χ2v) is 7.50. The second kappa shape index (κ2) is 6.79. The van der Waals surface area contributed by atoms with Gasteiger partial charge in [0, 0.05) is 31.1 Å². The van der Waals surface area contributed by atoms with Crippen molar-refractivity contribution in [1.29, 1.82) is 0 Å². The molecular formula is C22H24N4. The minimum Gasteiger partial charge on any atom is -0.366 e. The number of benzene rings is 2. The van der Waals surface area contributed by atoms with Crippen LogP contribution in [0.4, 0.5) is 11.6 Å². The van der Waals surface area contributed by atoms with Crippen molar-refractivity contribution in [2.45, 2.75) is 32.4 Å². The van der Waals surface area contributed by atoms with Gasteiger partial charge in [-0.1, -0.05) is 68.4 Å². The largest absolute Gasteiger partial charge is 0.366 e. The van der Waals surface area contributed by atoms with E-state index in [0.717, 1.165) is 31.3 Å². The van der Waals surface area contributed by atoms with E-state index in [1.165, 1.54) is 16.7 Å². The summed E-state index contributed by atoms with van der Waals surface area (Å²) < 4.78 is 0. The maximum atomic E-state index is 4.53. The number of anilines is 2. The number of rotatable bonds is 4. The summed E-state index contributed by atoms with van der Waals surface area (Å²) in [7, 11) is 0. The van der Waals surface area contributed by atoms with Gasteiger partial charge in [0.1, 0.15) is 18.0 Å². The molecule has 0 saturated carbocycles. The van der Waals surface area contributed by atoms with E-state index in [2.05, 4.69) is 82.6 Å². The molecule has 4 heteroatoms. The average Bonchev–Trinajstić information content (AvgIpc) is 2.67. The van der Waals surface area contributed by atoms with Crippen molar-refractivity contribution >= 4 is 11.6 Å². The molecule has 0 radical (unpaired) electrons. The summed E-state index contributed by atoms with van der Waals surface area (Å²) >= 11 is 0. The Hall–Kier alpha value is -2.88. The van der Waals surface area contributed by atoms with Crippen molar-refractivity contribution < 1.29 is 0 Å². The molecule has 0 aliphatic carbocycles. The summed E-state index contributed by atoms with van der Waals surface area (Å²) in [5, 5.41) is 3.40. The van der Waals surface area contributed by atoms with Crippen molar-refractivity contribution in [2.24, 2.45) is 0 Å². The van der Waals surface area contributed by atoms with Gasteiger partial charge in [-0.25, -0.2) is 9.97 Å². The molecule has 4 nitrogen and oxygen atoms in total. The van der Waals surface area contributed by atoms with Gasteiger partial charge in [0.25, 0.3) is 0 Å². The number of nitrogens with one attached hydrogen (secondary N) is 1. The fourth-order valence-corrected chi connectivity index (χ4v) is 3.71. The van der Waals surface area contributed by atoms with Crippen LogP contribution in [0.25, 0.3) is 0 Å². The molecule has 4 rings (SSSR count). The van der Waals surface area contributed by atoms with Gasteiger partial charge in [-0.3, -0.25) is 0 Å². The van der Waals surface area contributed by atoms with Crippen LogP contribution in [0.5, 0.6) is 0 Å². The van der Waals surface area contributed by atoms with Crippen LogP contribution in [0, 0.1) is 0 Å². The minimum absolute atomic E-state index is 0.0947. The van der Waals surface area contributed by atoms with Gasteiger partial charge in [-0.05, 0) is 16.7 Å². The first kappa shape index (κ1) is 16.6. The molecule has 1 aliphatic heterocycles. The molecule has 132 valence electrons. The first-order chi connectivity index (χ1) is 12.6. The highest BCUT2D eigenvalue weighted by Gasteiger charge is 2.32. The molecule has 0 spiro atoms. The monoisotopic (exact) mass is 344 g/mol. The summed E-state index contributed by atoms with van der Waals surface area (Å²) in [5.41, 5.74) is 4.15. The zero-order valence-corrected chi connectivity index (χ0v) is 15.3. The third-order valence-corrected chi connectivity index (χ3v) is 4.99. The summed E-state index contributed by atoms with van der Waals surface area (Å²) in [4.78, 5) is 11.3. The van der Waals surface area contributed by atoms with Gasteiger partial charge in [-0.15, -0.1) is 0 Å². The Balaban J connectivity index is 1.54. The highest BCUT2D eigenvalue weighted by Crippen LogP contribution is 2.35. The van der Waals surface area contributed by atoms with Crippen LogP contribution in [0.1, 0.15) is 30.5 Å². The molecule has 1 N–H and O–H groups in total. The van der Waals surface area contributed by atoms with E-state index in [-0.39, 0.29) is 5.41 Å². The molecule has 1 aliphatic rings. The topological polar surface area (TPSA) is 41.0 Å². The molecule has 2 aromatic carbocycles. The van der Waals surface area contributed by atoms with E-state index in [1.807, 2.05) is 12.1 Å². The number of nitrogens with zero attached hydrogens (tertiary/aromatic N) is 3. The Bertz CT molecular complexity index is 889. The molecule has 0 unspecified atom stereocenters. The maximum Gasteiger partial charge on any atom is 0.134 e. The van der Waals surface area contributed by atoms with E-state index >= 15 is 0 Å². The Morgan fingerprint density at radius 3 is 2.62 bits per heavy atom. The molecular weight excluding hydrogens is 320 g/mol. The van der Waals surface area contributed by atoms with E-state index in [1.54, 1.807) is 6.33 Å². The van der Waals surface area contributed by atoms with Gasteiger partial charge in [-0.2, -0.15) is 0 Å². The van der Waals surface area contributed by atoms with Crippen LogP contribution < -0.4 is 10.2 Å². The number of aromatic nitrogens is 2. The smallest absolute Gasteiger partial charge is 0.134 e. The van der Waals surface area contributed by atoms with Crippen molar-refractivity contribution in [2.75, 3.05) is 16.8 Å². The molecule has 26 heavy (non-hydrogen) atoms. The highest BCUT2D eigenvalue weighted by molar-refractivity contribution is 5.52. The quantitative estimate of drug-likeness (QED) is 0.762. The summed E-state index contributed by atoms with van der Waals surface area (Å²) in [5.74, 6) is 1.83. The van der Waals surface area contributed by atoms with Gasteiger partial charge in [0.15, 0.2) is 0 Å². The molecule has 1 aromatic heterocycles. The van der Waals surface area contributed by atoms with Crippen LogP contribution in [-0.4, -0.2) is 16.5 Å². The molecule has 0 saturated heterocycles. The lowest BCUT2D eigenvalue weighted by atomic mass is 9.78. The van der Waals surface area contributed by atoms with Crippen molar-refractivity contribution in [3.8, 4) is 0 Å². The molecule has 0 fully saturated rings. The lowest BCUT2D eigenvalue weighted by Gasteiger charge is -2.40. The molecule has 2 heterocycles. The second-order valence-electron chi connectivity index (χ2n) is 7.50. The first-order valence-electron chi connectivity index (χ1n) is 9.05. The summed E-state index contributed by atoms with van der Waals surface area (Å²) in [6, 6.07) is 21.1. The van der Waals surface area contributed by atoms with Crippen LogP contribution in [0.3, 0.4) is 0 Å². The number of hydrogen-bond donors (Lipinski definition) is 1. The third kappa shape index (κ3) is 3.40. The fraction of sp³-hybridized carbons (Fsp3) is 0.273. The van der Waals surface area contributed by atoms with Crippen LogP contribution in [-0.2, 0) is 18.5 Å². The van der Waals surface area contributed by atoms with Crippen molar-refractivity contribution in [1.82, 2.24) is 9.97 Å². The molecule has 3 aromatic rings.